The Morgan fingerprint density at radius 3 is 2.56 bits per heavy atom. The minimum Gasteiger partial charge on any atom is -0.373 e. The Morgan fingerprint density at radius 2 is 1.93 bits per heavy atom. The van der Waals surface area contributed by atoms with Crippen molar-refractivity contribution in [2.45, 2.75) is 29.3 Å². The van der Waals surface area contributed by atoms with Gasteiger partial charge in [-0.15, -0.1) is 11.3 Å². The number of ketones is 1. The zero-order valence-electron chi connectivity index (χ0n) is 13.7. The van der Waals surface area contributed by atoms with Gasteiger partial charge in [0.15, 0.2) is 0 Å². The Hall–Kier alpha value is -1.92. The Labute approximate surface area is 157 Å². The maximum absolute atomic E-state index is 12.9. The van der Waals surface area contributed by atoms with Crippen LogP contribution in [0.2, 0.25) is 0 Å². The molecule has 1 atom stereocenters. The Bertz CT molecular complexity index is 936. The van der Waals surface area contributed by atoms with Crippen LogP contribution < -0.4 is 5.32 Å². The average molecular weight is 421 g/mol. The molecule has 2 aromatic rings. The molecule has 1 amide bonds. The standard InChI is InChI=1S/C16H14F3NO5S2/c1-15(23,16(17,18)19)14(22)20-9-3-2-4-10-11(9)12(21)13-8(5-6-26-13)7-27(10,24)25/h2-6,23-25H,7H2,1H3,(H,20,22)/t15-/m0/s1. The number of carbonyl (C=O) groups is 2. The van der Waals surface area contributed by atoms with Gasteiger partial charge in [0, 0.05) is 0 Å². The van der Waals surface area contributed by atoms with Gasteiger partial charge in [-0.05, 0) is 36.1 Å². The van der Waals surface area contributed by atoms with Crippen LogP contribution in [0.5, 0.6) is 0 Å². The number of halogens is 3. The topological polar surface area (TPSA) is 107 Å². The molecule has 11 heteroatoms. The molecule has 1 aliphatic rings. The Balaban J connectivity index is 2.12. The normalized spacial score (nSPS) is 19.3. The van der Waals surface area contributed by atoms with Crippen LogP contribution >= 0.6 is 21.9 Å². The summed E-state index contributed by atoms with van der Waals surface area (Å²) >= 11 is 1.05. The van der Waals surface area contributed by atoms with Gasteiger partial charge in [0.2, 0.25) is 11.4 Å². The van der Waals surface area contributed by atoms with Crippen molar-refractivity contribution in [3.05, 3.63) is 45.6 Å². The monoisotopic (exact) mass is 421 g/mol. The number of aliphatic hydroxyl groups is 1. The predicted octanol–water partition coefficient (Wildman–Crippen LogP) is 3.85. The predicted molar refractivity (Wildman–Crippen MR) is 94.3 cm³/mol. The van der Waals surface area contributed by atoms with E-state index in [0.29, 0.717) is 5.56 Å². The number of anilines is 1. The summed E-state index contributed by atoms with van der Waals surface area (Å²) < 4.78 is 59.7. The summed E-state index contributed by atoms with van der Waals surface area (Å²) in [7, 11) is -3.47. The van der Waals surface area contributed by atoms with Gasteiger partial charge in [-0.1, -0.05) is 6.07 Å². The van der Waals surface area contributed by atoms with Crippen LogP contribution in [-0.2, 0) is 10.5 Å². The smallest absolute Gasteiger partial charge is 0.373 e. The number of nitrogens with one attached hydrogen (secondary N) is 1. The highest BCUT2D eigenvalue weighted by molar-refractivity contribution is 8.23. The number of hydrogen-bond acceptors (Lipinski definition) is 6. The number of amides is 1. The van der Waals surface area contributed by atoms with Crippen molar-refractivity contribution >= 4 is 39.3 Å². The van der Waals surface area contributed by atoms with Gasteiger partial charge in [-0.2, -0.15) is 23.8 Å². The van der Waals surface area contributed by atoms with Crippen LogP contribution in [0.3, 0.4) is 0 Å². The minimum absolute atomic E-state index is 0.166. The van der Waals surface area contributed by atoms with Crippen molar-refractivity contribution in [1.82, 2.24) is 0 Å². The highest BCUT2D eigenvalue weighted by Crippen LogP contribution is 2.56. The van der Waals surface area contributed by atoms with Gasteiger partial charge in [0.25, 0.3) is 5.91 Å². The quantitative estimate of drug-likeness (QED) is 0.589. The summed E-state index contributed by atoms with van der Waals surface area (Å²) in [6, 6.07) is 5.27. The molecule has 1 aromatic heterocycles. The fourth-order valence-electron chi connectivity index (χ4n) is 2.57. The van der Waals surface area contributed by atoms with Gasteiger partial charge in [-0.3, -0.25) is 18.7 Å². The zero-order valence-corrected chi connectivity index (χ0v) is 15.3. The molecule has 0 saturated carbocycles. The summed E-state index contributed by atoms with van der Waals surface area (Å²) in [4.78, 5) is 24.9. The maximum Gasteiger partial charge on any atom is 0.426 e. The molecular formula is C16H14F3NO5S2. The molecule has 0 bridgehead atoms. The summed E-state index contributed by atoms with van der Waals surface area (Å²) in [5.41, 5.74) is -3.93. The third kappa shape index (κ3) is 3.25. The highest BCUT2D eigenvalue weighted by Gasteiger charge is 2.56. The lowest BCUT2D eigenvalue weighted by Crippen LogP contribution is -2.52. The zero-order chi connectivity index (χ0) is 20.2. The number of carbonyl (C=O) groups excluding carboxylic acids is 2. The average Bonchev–Trinajstić information content (AvgIpc) is 2.97. The molecule has 0 fully saturated rings. The SMILES string of the molecule is C[C@](O)(C(=O)Nc1cccc2c1C(=O)c1sccc1CS2(O)O)C(F)(F)F. The van der Waals surface area contributed by atoms with Crippen LogP contribution in [0.4, 0.5) is 18.9 Å². The second kappa shape index (κ2) is 6.31. The third-order valence-electron chi connectivity index (χ3n) is 4.16. The van der Waals surface area contributed by atoms with Crippen molar-refractivity contribution in [2.24, 2.45) is 0 Å². The van der Waals surface area contributed by atoms with E-state index in [1.54, 1.807) is 11.4 Å². The minimum atomic E-state index is -5.24. The number of alkyl halides is 3. The summed E-state index contributed by atoms with van der Waals surface area (Å²) in [5.74, 6) is -2.65. The Kier molecular flexibility index (Phi) is 4.64. The molecule has 1 aliphatic heterocycles. The van der Waals surface area contributed by atoms with Crippen molar-refractivity contribution in [3.8, 4) is 0 Å². The Morgan fingerprint density at radius 1 is 1.26 bits per heavy atom. The van der Waals surface area contributed by atoms with E-state index in [2.05, 4.69) is 0 Å². The molecule has 1 aromatic carbocycles. The molecule has 27 heavy (non-hydrogen) atoms. The second-order valence-electron chi connectivity index (χ2n) is 6.12. The highest BCUT2D eigenvalue weighted by atomic mass is 32.3. The van der Waals surface area contributed by atoms with Gasteiger partial charge in [0.05, 0.1) is 26.8 Å². The van der Waals surface area contributed by atoms with E-state index in [1.165, 1.54) is 12.1 Å². The molecule has 4 N–H and O–H groups in total. The summed E-state index contributed by atoms with van der Waals surface area (Å²) in [6.07, 6.45) is -5.24. The molecule has 0 aliphatic carbocycles. The lowest BCUT2D eigenvalue weighted by Gasteiger charge is -2.33. The van der Waals surface area contributed by atoms with Crippen LogP contribution in [-0.4, -0.2) is 37.7 Å². The first-order chi connectivity index (χ1) is 12.4. The van der Waals surface area contributed by atoms with E-state index < -0.39 is 34.1 Å². The first-order valence-corrected chi connectivity index (χ1v) is 10.1. The summed E-state index contributed by atoms with van der Waals surface area (Å²) in [6.45, 7) is 0.288. The molecule has 0 spiro atoms. The molecule has 3 rings (SSSR count). The van der Waals surface area contributed by atoms with Gasteiger partial charge in [0.1, 0.15) is 0 Å². The van der Waals surface area contributed by atoms with Gasteiger partial charge >= 0.3 is 6.18 Å². The summed E-state index contributed by atoms with van der Waals surface area (Å²) in [5, 5.41) is 13.0. The molecule has 6 nitrogen and oxygen atoms in total. The lowest BCUT2D eigenvalue weighted by molar-refractivity contribution is -0.242. The lowest BCUT2D eigenvalue weighted by atomic mass is 10.0. The van der Waals surface area contributed by atoms with E-state index >= 15 is 0 Å². The van der Waals surface area contributed by atoms with Crippen molar-refractivity contribution in [1.29, 1.82) is 0 Å². The first-order valence-electron chi connectivity index (χ1n) is 7.47. The van der Waals surface area contributed by atoms with Gasteiger partial charge in [-0.25, -0.2) is 0 Å². The van der Waals surface area contributed by atoms with E-state index in [0.717, 1.165) is 17.4 Å². The fraction of sp³-hybridized carbons (Fsp3) is 0.250. The second-order valence-corrected chi connectivity index (χ2v) is 9.10. The van der Waals surface area contributed by atoms with Crippen molar-refractivity contribution in [2.75, 3.05) is 5.32 Å². The van der Waals surface area contributed by atoms with Crippen LogP contribution in [0.25, 0.3) is 0 Å². The number of hydrogen-bond donors (Lipinski definition) is 4. The molecular weight excluding hydrogens is 407 g/mol. The largest absolute Gasteiger partial charge is 0.426 e. The maximum atomic E-state index is 12.9. The number of thiophene rings is 1. The van der Waals surface area contributed by atoms with E-state index in [-0.39, 0.29) is 33.7 Å². The van der Waals surface area contributed by atoms with E-state index in [9.17, 15) is 37.0 Å². The van der Waals surface area contributed by atoms with Crippen LogP contribution in [0.1, 0.15) is 27.7 Å². The van der Waals surface area contributed by atoms with Crippen LogP contribution in [0, 0.1) is 0 Å². The van der Waals surface area contributed by atoms with Crippen molar-refractivity contribution < 1.29 is 37.0 Å². The molecule has 2 heterocycles. The molecule has 0 saturated heterocycles. The third-order valence-corrected chi connectivity index (χ3v) is 6.87. The molecule has 146 valence electrons. The fourth-order valence-corrected chi connectivity index (χ4v) is 5.19. The molecule has 0 unspecified atom stereocenters. The van der Waals surface area contributed by atoms with E-state index in [1.807, 2.05) is 5.32 Å². The molecule has 0 radical (unpaired) electrons. The van der Waals surface area contributed by atoms with Gasteiger partial charge < -0.3 is 10.4 Å². The number of fused-ring (bicyclic) bond motifs is 2. The number of benzene rings is 1. The first kappa shape index (κ1) is 19.8. The van der Waals surface area contributed by atoms with Crippen LogP contribution in [0.15, 0.2) is 34.5 Å². The van der Waals surface area contributed by atoms with Crippen molar-refractivity contribution in [3.63, 3.8) is 0 Å². The van der Waals surface area contributed by atoms with E-state index in [4.69, 9.17) is 0 Å². The number of rotatable bonds is 2.